The van der Waals surface area contributed by atoms with E-state index in [4.69, 9.17) is 0 Å². The van der Waals surface area contributed by atoms with Gasteiger partial charge in [-0.1, -0.05) is 30.3 Å². The molecule has 1 saturated heterocycles. The second-order valence-corrected chi connectivity index (χ2v) is 6.89. The minimum absolute atomic E-state index is 0.0339. The van der Waals surface area contributed by atoms with Crippen LogP contribution < -0.4 is 5.43 Å². The molecule has 1 atom stereocenters. The second kappa shape index (κ2) is 5.48. The first-order valence-electron chi connectivity index (χ1n) is 7.74. The van der Waals surface area contributed by atoms with Gasteiger partial charge in [-0.05, 0) is 48.7 Å². The quantitative estimate of drug-likeness (QED) is 0.888. The number of hydrogen-bond acceptors (Lipinski definition) is 2. The summed E-state index contributed by atoms with van der Waals surface area (Å²) in [6, 6.07) is 8.76. The number of carbonyl (C=O) groups excluding carboxylic acids is 1. The van der Waals surface area contributed by atoms with Gasteiger partial charge in [0.15, 0.2) is 6.04 Å². The number of fused-ring (bicyclic) bond motifs is 1. The molecule has 0 radical (unpaired) electrons. The van der Waals surface area contributed by atoms with Gasteiger partial charge < -0.3 is 0 Å². The van der Waals surface area contributed by atoms with E-state index in [1.165, 1.54) is 0 Å². The molecular formula is C18H19F3N2O. The normalized spacial score (nSPS) is 19.5. The molecular weight excluding hydrogens is 317 g/mol. The van der Waals surface area contributed by atoms with E-state index in [2.05, 4.69) is 5.43 Å². The molecule has 2 aromatic rings. The summed E-state index contributed by atoms with van der Waals surface area (Å²) in [5.74, 6) is -0.396. The molecule has 0 aromatic heterocycles. The molecule has 0 saturated carbocycles. The van der Waals surface area contributed by atoms with Gasteiger partial charge in [-0.15, -0.1) is 0 Å². The minimum atomic E-state index is -4.51. The van der Waals surface area contributed by atoms with Crippen molar-refractivity contribution in [2.45, 2.75) is 44.9 Å². The van der Waals surface area contributed by atoms with E-state index in [1.54, 1.807) is 45.0 Å². The number of nitrogens with zero attached hydrogens (tertiary/aromatic N) is 1. The first kappa shape index (κ1) is 16.8. The number of hydrazine groups is 1. The van der Waals surface area contributed by atoms with Crippen LogP contribution in [0.4, 0.5) is 13.2 Å². The third-order valence-electron chi connectivity index (χ3n) is 4.49. The first-order chi connectivity index (χ1) is 11.1. The number of halogens is 3. The summed E-state index contributed by atoms with van der Waals surface area (Å²) in [5, 5.41) is 2.69. The van der Waals surface area contributed by atoms with Crippen molar-refractivity contribution in [1.82, 2.24) is 10.4 Å². The van der Waals surface area contributed by atoms with Crippen LogP contribution in [0.5, 0.6) is 0 Å². The lowest BCUT2D eigenvalue weighted by atomic mass is 9.92. The third-order valence-corrected chi connectivity index (χ3v) is 4.49. The van der Waals surface area contributed by atoms with Crippen molar-refractivity contribution in [1.29, 1.82) is 0 Å². The molecule has 24 heavy (non-hydrogen) atoms. The van der Waals surface area contributed by atoms with Crippen molar-refractivity contribution < 1.29 is 18.0 Å². The lowest BCUT2D eigenvalue weighted by Gasteiger charge is -2.38. The average Bonchev–Trinajstić information content (AvgIpc) is 2.71. The largest absolute Gasteiger partial charge is 0.409 e. The molecule has 128 valence electrons. The van der Waals surface area contributed by atoms with Gasteiger partial charge in [-0.3, -0.25) is 10.2 Å². The molecule has 2 aromatic carbocycles. The number of hydrogen-bond donors (Lipinski definition) is 1. The molecule has 3 rings (SSSR count). The molecule has 1 heterocycles. The summed E-state index contributed by atoms with van der Waals surface area (Å²) in [5.41, 5.74) is 2.19. The average molecular weight is 336 g/mol. The first-order valence-corrected chi connectivity index (χ1v) is 7.74. The van der Waals surface area contributed by atoms with E-state index in [0.29, 0.717) is 5.56 Å². The van der Waals surface area contributed by atoms with E-state index >= 15 is 0 Å². The monoisotopic (exact) mass is 336 g/mol. The number of alkyl halides is 3. The van der Waals surface area contributed by atoms with Crippen LogP contribution in [0.25, 0.3) is 10.8 Å². The van der Waals surface area contributed by atoms with Gasteiger partial charge in [0.1, 0.15) is 0 Å². The Morgan fingerprint density at radius 3 is 2.25 bits per heavy atom. The van der Waals surface area contributed by atoms with E-state index in [-0.39, 0.29) is 12.0 Å². The van der Waals surface area contributed by atoms with Crippen LogP contribution in [0.1, 0.15) is 37.4 Å². The Balaban J connectivity index is 2.17. The van der Waals surface area contributed by atoms with Crippen LogP contribution in [0.3, 0.4) is 0 Å². The topological polar surface area (TPSA) is 32.3 Å². The Morgan fingerprint density at radius 1 is 1.17 bits per heavy atom. The molecule has 0 aliphatic carbocycles. The SMILES string of the molecule is Cc1cc2ccccc2cc1[C@H](N1NC(=O)CC1(C)C)C(F)(F)F. The van der Waals surface area contributed by atoms with Gasteiger partial charge in [0.05, 0.1) is 0 Å². The van der Waals surface area contributed by atoms with Crippen LogP contribution in [-0.2, 0) is 4.79 Å². The molecule has 3 nitrogen and oxygen atoms in total. The highest BCUT2D eigenvalue weighted by Gasteiger charge is 2.53. The maximum atomic E-state index is 13.9. The van der Waals surface area contributed by atoms with E-state index in [0.717, 1.165) is 15.8 Å². The number of amides is 1. The standard InChI is InChI=1S/C18H19F3N2O/c1-11-8-12-6-4-5-7-13(12)9-14(11)16(18(19,20)21)23-17(2,3)10-15(24)22-23/h4-9,16H,10H2,1-3H3,(H,22,24)/t16-/m0/s1. The van der Waals surface area contributed by atoms with Crippen LogP contribution >= 0.6 is 0 Å². The molecule has 1 N–H and O–H groups in total. The summed E-state index contributed by atoms with van der Waals surface area (Å²) in [6.45, 7) is 4.95. The second-order valence-electron chi connectivity index (χ2n) is 6.89. The molecule has 6 heteroatoms. The van der Waals surface area contributed by atoms with Gasteiger partial charge >= 0.3 is 6.18 Å². The fourth-order valence-corrected chi connectivity index (χ4v) is 3.35. The number of rotatable bonds is 2. The fraction of sp³-hybridized carbons (Fsp3) is 0.389. The zero-order valence-corrected chi connectivity index (χ0v) is 13.7. The lowest BCUT2D eigenvalue weighted by molar-refractivity contribution is -0.204. The molecule has 1 aliphatic rings. The Kier molecular flexibility index (Phi) is 3.83. The van der Waals surface area contributed by atoms with Crippen LogP contribution in [0, 0.1) is 6.92 Å². The summed E-state index contributed by atoms with van der Waals surface area (Å²) in [6.07, 6.45) is -4.48. The number of carbonyl (C=O) groups is 1. The molecule has 1 amide bonds. The molecule has 1 fully saturated rings. The van der Waals surface area contributed by atoms with Gasteiger partial charge in [0.25, 0.3) is 0 Å². The van der Waals surface area contributed by atoms with Gasteiger partial charge in [-0.25, -0.2) is 0 Å². The highest BCUT2D eigenvalue weighted by molar-refractivity contribution is 5.84. The predicted octanol–water partition coefficient (Wildman–Crippen LogP) is 4.27. The smallest absolute Gasteiger partial charge is 0.287 e. The van der Waals surface area contributed by atoms with Crippen molar-refractivity contribution in [2.24, 2.45) is 0 Å². The van der Waals surface area contributed by atoms with Crippen molar-refractivity contribution in [3.05, 3.63) is 47.5 Å². The van der Waals surface area contributed by atoms with Crippen molar-refractivity contribution in [3.8, 4) is 0 Å². The lowest BCUT2D eigenvalue weighted by Crippen LogP contribution is -2.51. The summed E-state index contributed by atoms with van der Waals surface area (Å²) >= 11 is 0. The van der Waals surface area contributed by atoms with Crippen LogP contribution in [0.15, 0.2) is 36.4 Å². The van der Waals surface area contributed by atoms with Crippen molar-refractivity contribution >= 4 is 16.7 Å². The number of benzene rings is 2. The zero-order chi connectivity index (χ0) is 17.7. The van der Waals surface area contributed by atoms with Gasteiger partial charge in [-0.2, -0.15) is 18.2 Å². The maximum absolute atomic E-state index is 13.9. The number of nitrogens with one attached hydrogen (secondary N) is 1. The Labute approximate surface area is 138 Å². The van der Waals surface area contributed by atoms with Gasteiger partial charge in [0.2, 0.25) is 5.91 Å². The Bertz CT molecular complexity index is 798. The van der Waals surface area contributed by atoms with E-state index in [1.807, 2.05) is 12.1 Å². The minimum Gasteiger partial charge on any atom is -0.287 e. The molecule has 0 bridgehead atoms. The van der Waals surface area contributed by atoms with E-state index < -0.39 is 23.7 Å². The Morgan fingerprint density at radius 2 is 1.75 bits per heavy atom. The predicted molar refractivity (Wildman–Crippen MR) is 86.2 cm³/mol. The zero-order valence-electron chi connectivity index (χ0n) is 13.7. The Hall–Kier alpha value is -2.08. The molecule has 1 aliphatic heterocycles. The highest BCUT2D eigenvalue weighted by Crippen LogP contribution is 2.44. The molecule has 0 spiro atoms. The summed E-state index contributed by atoms with van der Waals surface area (Å²) in [7, 11) is 0. The summed E-state index contributed by atoms with van der Waals surface area (Å²) in [4.78, 5) is 11.7. The fourth-order valence-electron chi connectivity index (χ4n) is 3.35. The number of aryl methyl sites for hydroxylation is 1. The maximum Gasteiger partial charge on any atom is 0.409 e. The van der Waals surface area contributed by atoms with Crippen molar-refractivity contribution in [2.75, 3.05) is 0 Å². The van der Waals surface area contributed by atoms with Crippen molar-refractivity contribution in [3.63, 3.8) is 0 Å². The highest BCUT2D eigenvalue weighted by atomic mass is 19.4. The van der Waals surface area contributed by atoms with Crippen LogP contribution in [-0.4, -0.2) is 22.6 Å². The third kappa shape index (κ3) is 2.86. The summed E-state index contributed by atoms with van der Waals surface area (Å²) < 4.78 is 41.7. The van der Waals surface area contributed by atoms with Gasteiger partial charge in [0, 0.05) is 12.0 Å². The van der Waals surface area contributed by atoms with Crippen LogP contribution in [0.2, 0.25) is 0 Å². The van der Waals surface area contributed by atoms with E-state index in [9.17, 15) is 18.0 Å². The molecule has 0 unspecified atom stereocenters.